The molecule has 1 aliphatic heterocycles. The van der Waals surface area contributed by atoms with E-state index in [-0.39, 0.29) is 12.5 Å². The Bertz CT molecular complexity index is 980. The summed E-state index contributed by atoms with van der Waals surface area (Å²) in [5.41, 5.74) is 1.23. The van der Waals surface area contributed by atoms with Gasteiger partial charge in [-0.15, -0.1) is 0 Å². The van der Waals surface area contributed by atoms with Gasteiger partial charge in [-0.25, -0.2) is 4.79 Å². The number of imide groups is 1. The summed E-state index contributed by atoms with van der Waals surface area (Å²) in [5, 5.41) is 2.80. The van der Waals surface area contributed by atoms with E-state index < -0.39 is 23.0 Å². The Balaban J connectivity index is 1.79. The quantitative estimate of drug-likeness (QED) is 0.662. The van der Waals surface area contributed by atoms with Gasteiger partial charge in [0, 0.05) is 12.1 Å². The smallest absolute Gasteiger partial charge is 0.325 e. The molecule has 0 saturated carbocycles. The molecule has 0 bridgehead atoms. The topological polar surface area (TPSA) is 69.7 Å². The van der Waals surface area contributed by atoms with E-state index in [4.69, 9.17) is 0 Å². The number of urea groups is 1. The van der Waals surface area contributed by atoms with E-state index in [1.165, 1.54) is 5.56 Å². The van der Waals surface area contributed by atoms with Crippen LogP contribution in [0.3, 0.4) is 0 Å². The van der Waals surface area contributed by atoms with Crippen LogP contribution < -0.4 is 5.32 Å². The number of nitrogens with one attached hydrogen (secondary N) is 1. The van der Waals surface area contributed by atoms with Crippen LogP contribution in [0.15, 0.2) is 54.6 Å². The molecule has 6 heteroatoms. The summed E-state index contributed by atoms with van der Waals surface area (Å²) in [7, 11) is 0. The number of amides is 4. The molecule has 1 unspecified atom stereocenters. The standard InChI is InChI=1S/C26H33N3O3/c1-6-10-19-13-15-21(16-14-19)26(5)23(31)28(24(32)27-26)18-22(30)29(25(2,3)4)17-20-11-8-7-9-12-20/h7-9,11-16H,6,10,17-18H2,1-5H3,(H,27,32). The lowest BCUT2D eigenvalue weighted by Gasteiger charge is -2.36. The predicted octanol–water partition coefficient (Wildman–Crippen LogP) is 4.23. The largest absolute Gasteiger partial charge is 0.332 e. The number of hydrogen-bond donors (Lipinski definition) is 1. The normalized spacial score (nSPS) is 18.6. The van der Waals surface area contributed by atoms with Crippen molar-refractivity contribution in [3.63, 3.8) is 0 Å². The molecule has 3 rings (SSSR count). The first kappa shape index (κ1) is 23.5. The average molecular weight is 436 g/mol. The molecule has 1 N–H and O–H groups in total. The highest BCUT2D eigenvalue weighted by atomic mass is 16.2. The van der Waals surface area contributed by atoms with Crippen LogP contribution in [0.2, 0.25) is 0 Å². The number of benzene rings is 2. The zero-order chi connectivity index (χ0) is 23.5. The summed E-state index contributed by atoms with van der Waals surface area (Å²) in [6, 6.07) is 16.9. The Hall–Kier alpha value is -3.15. The highest BCUT2D eigenvalue weighted by molar-refractivity contribution is 6.09. The van der Waals surface area contributed by atoms with Crippen molar-refractivity contribution >= 4 is 17.8 Å². The molecule has 6 nitrogen and oxygen atoms in total. The van der Waals surface area contributed by atoms with Crippen LogP contribution in [0, 0.1) is 0 Å². The molecule has 2 aromatic carbocycles. The van der Waals surface area contributed by atoms with Crippen molar-refractivity contribution in [3.8, 4) is 0 Å². The third-order valence-electron chi connectivity index (χ3n) is 5.93. The van der Waals surface area contributed by atoms with Gasteiger partial charge in [0.05, 0.1) is 0 Å². The number of carbonyl (C=O) groups excluding carboxylic acids is 3. The van der Waals surface area contributed by atoms with Crippen molar-refractivity contribution in [1.82, 2.24) is 15.1 Å². The lowest BCUT2D eigenvalue weighted by atomic mass is 9.91. The van der Waals surface area contributed by atoms with Gasteiger partial charge in [-0.2, -0.15) is 0 Å². The Kier molecular flexibility index (Phi) is 6.72. The van der Waals surface area contributed by atoms with Gasteiger partial charge in [-0.05, 0) is 50.8 Å². The van der Waals surface area contributed by atoms with Gasteiger partial charge in [0.25, 0.3) is 5.91 Å². The maximum atomic E-state index is 13.3. The zero-order valence-electron chi connectivity index (χ0n) is 19.6. The predicted molar refractivity (Wildman–Crippen MR) is 125 cm³/mol. The number of aryl methyl sites for hydroxylation is 1. The molecular formula is C26H33N3O3. The fourth-order valence-electron chi connectivity index (χ4n) is 4.02. The molecule has 4 amide bonds. The van der Waals surface area contributed by atoms with Crippen LogP contribution in [-0.4, -0.2) is 39.7 Å². The molecule has 170 valence electrons. The number of rotatable bonds is 7. The average Bonchev–Trinajstić information content (AvgIpc) is 2.96. The molecule has 0 aromatic heterocycles. The molecule has 0 aliphatic carbocycles. The lowest BCUT2D eigenvalue weighted by molar-refractivity contribution is -0.142. The number of hydrogen-bond acceptors (Lipinski definition) is 3. The third kappa shape index (κ3) is 4.85. The van der Waals surface area contributed by atoms with E-state index in [1.54, 1.807) is 11.8 Å². The van der Waals surface area contributed by atoms with Crippen molar-refractivity contribution < 1.29 is 14.4 Å². The van der Waals surface area contributed by atoms with Crippen molar-refractivity contribution in [1.29, 1.82) is 0 Å². The van der Waals surface area contributed by atoms with Crippen molar-refractivity contribution in [2.45, 2.75) is 65.1 Å². The van der Waals surface area contributed by atoms with Gasteiger partial charge in [-0.3, -0.25) is 14.5 Å². The summed E-state index contributed by atoms with van der Waals surface area (Å²) in [5.74, 6) is -0.681. The molecule has 1 heterocycles. The SMILES string of the molecule is CCCc1ccc(C2(C)NC(=O)N(CC(=O)N(Cc3ccccc3)C(C)(C)C)C2=O)cc1. The van der Waals surface area contributed by atoms with Gasteiger partial charge >= 0.3 is 6.03 Å². The Labute approximate surface area is 190 Å². The van der Waals surface area contributed by atoms with E-state index in [1.807, 2.05) is 75.4 Å². The molecule has 1 fully saturated rings. The summed E-state index contributed by atoms with van der Waals surface area (Å²) in [6.07, 6.45) is 2.00. The molecular weight excluding hydrogens is 402 g/mol. The van der Waals surface area contributed by atoms with Gasteiger partial charge in [-0.1, -0.05) is 67.9 Å². The van der Waals surface area contributed by atoms with E-state index in [2.05, 4.69) is 12.2 Å². The molecule has 1 saturated heterocycles. The van der Waals surface area contributed by atoms with Crippen LogP contribution in [0.4, 0.5) is 4.79 Å². The van der Waals surface area contributed by atoms with Crippen LogP contribution >= 0.6 is 0 Å². The summed E-state index contributed by atoms with van der Waals surface area (Å²) >= 11 is 0. The van der Waals surface area contributed by atoms with Crippen molar-refractivity contribution in [2.75, 3.05) is 6.54 Å². The van der Waals surface area contributed by atoms with Gasteiger partial charge in [0.15, 0.2) is 0 Å². The minimum Gasteiger partial charge on any atom is -0.332 e. The molecule has 2 aromatic rings. The first-order valence-corrected chi connectivity index (χ1v) is 11.1. The molecule has 32 heavy (non-hydrogen) atoms. The van der Waals surface area contributed by atoms with Crippen molar-refractivity contribution in [3.05, 3.63) is 71.3 Å². The van der Waals surface area contributed by atoms with Crippen LogP contribution in [0.1, 0.15) is 57.7 Å². The fraction of sp³-hybridized carbons (Fsp3) is 0.423. The lowest BCUT2D eigenvalue weighted by Crippen LogP contribution is -2.50. The first-order chi connectivity index (χ1) is 15.1. The van der Waals surface area contributed by atoms with E-state index in [0.717, 1.165) is 23.3 Å². The Morgan fingerprint density at radius 1 is 1.00 bits per heavy atom. The van der Waals surface area contributed by atoms with Gasteiger partial charge in [0.1, 0.15) is 12.1 Å². The fourth-order valence-corrected chi connectivity index (χ4v) is 4.02. The van der Waals surface area contributed by atoms with Crippen LogP contribution in [-0.2, 0) is 28.1 Å². The second-order valence-corrected chi connectivity index (χ2v) is 9.53. The Morgan fingerprint density at radius 3 is 2.19 bits per heavy atom. The summed E-state index contributed by atoms with van der Waals surface area (Å²) in [6.45, 7) is 9.76. The monoisotopic (exact) mass is 435 g/mol. The van der Waals surface area contributed by atoms with Crippen LogP contribution in [0.5, 0.6) is 0 Å². The van der Waals surface area contributed by atoms with E-state index >= 15 is 0 Å². The third-order valence-corrected chi connectivity index (χ3v) is 5.93. The zero-order valence-corrected chi connectivity index (χ0v) is 19.6. The van der Waals surface area contributed by atoms with Gasteiger partial charge < -0.3 is 10.2 Å². The second-order valence-electron chi connectivity index (χ2n) is 9.53. The van der Waals surface area contributed by atoms with E-state index in [0.29, 0.717) is 12.1 Å². The highest BCUT2D eigenvalue weighted by Crippen LogP contribution is 2.29. The molecule has 0 spiro atoms. The number of carbonyl (C=O) groups is 3. The summed E-state index contributed by atoms with van der Waals surface area (Å²) in [4.78, 5) is 42.0. The van der Waals surface area contributed by atoms with E-state index in [9.17, 15) is 14.4 Å². The maximum absolute atomic E-state index is 13.3. The minimum atomic E-state index is -1.19. The van der Waals surface area contributed by atoms with Crippen molar-refractivity contribution in [2.24, 2.45) is 0 Å². The summed E-state index contributed by atoms with van der Waals surface area (Å²) < 4.78 is 0. The highest BCUT2D eigenvalue weighted by Gasteiger charge is 2.50. The Morgan fingerprint density at radius 2 is 1.62 bits per heavy atom. The van der Waals surface area contributed by atoms with Gasteiger partial charge in [0.2, 0.25) is 5.91 Å². The number of nitrogens with zero attached hydrogens (tertiary/aromatic N) is 2. The first-order valence-electron chi connectivity index (χ1n) is 11.1. The molecule has 1 atom stereocenters. The molecule has 1 aliphatic rings. The second kappa shape index (κ2) is 9.15. The minimum absolute atomic E-state index is 0.271. The van der Waals surface area contributed by atoms with Crippen LogP contribution in [0.25, 0.3) is 0 Å². The maximum Gasteiger partial charge on any atom is 0.325 e. The molecule has 0 radical (unpaired) electrons.